The number of primary amides is 1. The molecular formula is C20H24N6O. The predicted molar refractivity (Wildman–Crippen MR) is 104 cm³/mol. The molecule has 4 rings (SSSR count). The van der Waals surface area contributed by atoms with Crippen molar-refractivity contribution in [1.29, 1.82) is 0 Å². The van der Waals surface area contributed by atoms with Crippen molar-refractivity contribution in [3.8, 4) is 0 Å². The van der Waals surface area contributed by atoms with Gasteiger partial charge in [0.1, 0.15) is 17.7 Å². The lowest BCUT2D eigenvalue weighted by molar-refractivity contribution is -0.118. The first-order valence-electron chi connectivity index (χ1n) is 9.41. The standard InChI is InChI=1S/C20H24N6O/c1-26-20-15(12-22-26)19(24-18(25-20)14-9-5-6-10-14)23-16(17(21)27)11-13-7-3-2-4-8-13/h2-4,7-8,12,14,16H,5-6,9-11H2,1H3,(H2,21,27)(H,23,24,25)/t16-/m0/s1. The predicted octanol–water partition coefficient (Wildman–Crippen LogP) is 2.53. The van der Waals surface area contributed by atoms with E-state index in [1.54, 1.807) is 10.9 Å². The fourth-order valence-corrected chi connectivity index (χ4v) is 3.75. The molecule has 0 spiro atoms. The zero-order valence-electron chi connectivity index (χ0n) is 15.4. The van der Waals surface area contributed by atoms with Crippen LogP contribution in [0.25, 0.3) is 11.0 Å². The van der Waals surface area contributed by atoms with Gasteiger partial charge in [-0.1, -0.05) is 43.2 Å². The third kappa shape index (κ3) is 3.63. The van der Waals surface area contributed by atoms with Crippen LogP contribution in [0.3, 0.4) is 0 Å². The molecule has 7 nitrogen and oxygen atoms in total. The molecule has 0 radical (unpaired) electrons. The van der Waals surface area contributed by atoms with Gasteiger partial charge in [-0.15, -0.1) is 0 Å². The third-order valence-electron chi connectivity index (χ3n) is 5.27. The smallest absolute Gasteiger partial charge is 0.240 e. The first kappa shape index (κ1) is 17.5. The number of nitrogens with two attached hydrogens (primary N) is 1. The highest BCUT2D eigenvalue weighted by atomic mass is 16.1. The van der Waals surface area contributed by atoms with Crippen molar-refractivity contribution < 1.29 is 4.79 Å². The van der Waals surface area contributed by atoms with E-state index in [4.69, 9.17) is 15.7 Å². The van der Waals surface area contributed by atoms with Gasteiger partial charge in [0.15, 0.2) is 5.65 Å². The average molecular weight is 364 g/mol. The lowest BCUT2D eigenvalue weighted by Gasteiger charge is -2.18. The van der Waals surface area contributed by atoms with E-state index < -0.39 is 11.9 Å². The van der Waals surface area contributed by atoms with Crippen LogP contribution in [-0.4, -0.2) is 31.7 Å². The third-order valence-corrected chi connectivity index (χ3v) is 5.27. The molecule has 0 unspecified atom stereocenters. The molecule has 0 saturated heterocycles. The van der Waals surface area contributed by atoms with Crippen LogP contribution in [0, 0.1) is 0 Å². The molecule has 2 heterocycles. The van der Waals surface area contributed by atoms with Crippen molar-refractivity contribution in [2.24, 2.45) is 12.8 Å². The van der Waals surface area contributed by atoms with E-state index in [-0.39, 0.29) is 0 Å². The van der Waals surface area contributed by atoms with Crippen molar-refractivity contribution in [3.63, 3.8) is 0 Å². The number of rotatable bonds is 6. The Morgan fingerprint density at radius 3 is 2.70 bits per heavy atom. The highest BCUT2D eigenvalue weighted by Crippen LogP contribution is 2.34. The second-order valence-electron chi connectivity index (χ2n) is 7.21. The molecule has 1 atom stereocenters. The van der Waals surface area contributed by atoms with Gasteiger partial charge in [-0.05, 0) is 18.4 Å². The molecule has 3 N–H and O–H groups in total. The molecule has 3 aromatic rings. The highest BCUT2D eigenvalue weighted by molar-refractivity contribution is 5.90. The van der Waals surface area contributed by atoms with Gasteiger partial charge in [0.25, 0.3) is 0 Å². The number of nitrogens with one attached hydrogen (secondary N) is 1. The number of carbonyl (C=O) groups is 1. The summed E-state index contributed by atoms with van der Waals surface area (Å²) >= 11 is 0. The Morgan fingerprint density at radius 1 is 1.26 bits per heavy atom. The normalized spacial score (nSPS) is 15.9. The average Bonchev–Trinajstić information content (AvgIpc) is 3.32. The van der Waals surface area contributed by atoms with Crippen LogP contribution in [-0.2, 0) is 18.3 Å². The molecule has 1 fully saturated rings. The van der Waals surface area contributed by atoms with E-state index in [1.165, 1.54) is 12.8 Å². The number of nitrogens with zero attached hydrogens (tertiary/aromatic N) is 4. The summed E-state index contributed by atoms with van der Waals surface area (Å²) in [4.78, 5) is 21.6. The summed E-state index contributed by atoms with van der Waals surface area (Å²) in [5, 5.41) is 8.39. The van der Waals surface area contributed by atoms with Crippen molar-refractivity contribution in [2.45, 2.75) is 44.1 Å². The first-order chi connectivity index (χ1) is 13.1. The quantitative estimate of drug-likeness (QED) is 0.700. The van der Waals surface area contributed by atoms with Crippen LogP contribution in [0.2, 0.25) is 0 Å². The SMILES string of the molecule is Cn1ncc2c(N[C@@H](Cc3ccccc3)C(N)=O)nc(C3CCCC3)nc21. The Hall–Kier alpha value is -2.96. The largest absolute Gasteiger partial charge is 0.368 e. The topological polar surface area (TPSA) is 98.7 Å². The summed E-state index contributed by atoms with van der Waals surface area (Å²) in [5.74, 6) is 1.42. The van der Waals surface area contributed by atoms with E-state index in [9.17, 15) is 4.79 Å². The molecule has 7 heteroatoms. The van der Waals surface area contributed by atoms with E-state index in [1.807, 2.05) is 37.4 Å². The number of aryl methyl sites for hydroxylation is 1. The summed E-state index contributed by atoms with van der Waals surface area (Å²) in [6.45, 7) is 0. The number of aromatic nitrogens is 4. The van der Waals surface area contributed by atoms with Crippen LogP contribution in [0.15, 0.2) is 36.5 Å². The van der Waals surface area contributed by atoms with Crippen molar-refractivity contribution >= 4 is 22.8 Å². The summed E-state index contributed by atoms with van der Waals surface area (Å²) < 4.78 is 1.75. The minimum atomic E-state index is -0.554. The van der Waals surface area contributed by atoms with Gasteiger partial charge < -0.3 is 11.1 Å². The van der Waals surface area contributed by atoms with Gasteiger partial charge in [0.05, 0.1) is 11.6 Å². The number of hydrogen-bond acceptors (Lipinski definition) is 5. The fourth-order valence-electron chi connectivity index (χ4n) is 3.75. The van der Waals surface area contributed by atoms with E-state index in [2.05, 4.69) is 10.4 Å². The maximum absolute atomic E-state index is 12.1. The van der Waals surface area contributed by atoms with Gasteiger partial charge in [0, 0.05) is 19.4 Å². The van der Waals surface area contributed by atoms with Gasteiger partial charge in [-0.25, -0.2) is 9.97 Å². The van der Waals surface area contributed by atoms with Crippen molar-refractivity contribution in [2.75, 3.05) is 5.32 Å². The van der Waals surface area contributed by atoms with Crippen LogP contribution in [0.1, 0.15) is 43.0 Å². The van der Waals surface area contributed by atoms with Crippen molar-refractivity contribution in [3.05, 3.63) is 47.9 Å². The Kier molecular flexibility index (Phi) is 4.75. The van der Waals surface area contributed by atoms with Gasteiger partial charge in [-0.2, -0.15) is 5.10 Å². The van der Waals surface area contributed by atoms with Gasteiger partial charge in [0.2, 0.25) is 5.91 Å². The minimum Gasteiger partial charge on any atom is -0.368 e. The molecule has 1 aliphatic carbocycles. The zero-order chi connectivity index (χ0) is 18.8. The lowest BCUT2D eigenvalue weighted by Crippen LogP contribution is -2.37. The number of benzene rings is 1. The van der Waals surface area contributed by atoms with Crippen LogP contribution in [0.5, 0.6) is 0 Å². The summed E-state index contributed by atoms with van der Waals surface area (Å²) in [7, 11) is 1.87. The molecule has 1 aliphatic rings. The van der Waals surface area contributed by atoms with E-state index in [0.717, 1.165) is 35.3 Å². The van der Waals surface area contributed by atoms with Gasteiger partial charge >= 0.3 is 0 Å². The number of anilines is 1. The maximum Gasteiger partial charge on any atom is 0.240 e. The second kappa shape index (κ2) is 7.34. The highest BCUT2D eigenvalue weighted by Gasteiger charge is 2.24. The number of hydrogen-bond donors (Lipinski definition) is 2. The lowest BCUT2D eigenvalue weighted by atomic mass is 10.1. The molecule has 27 heavy (non-hydrogen) atoms. The molecule has 140 valence electrons. The Balaban J connectivity index is 1.69. The maximum atomic E-state index is 12.1. The van der Waals surface area contributed by atoms with Crippen LogP contribution >= 0.6 is 0 Å². The first-order valence-corrected chi connectivity index (χ1v) is 9.41. The van der Waals surface area contributed by atoms with Gasteiger partial charge in [-0.3, -0.25) is 9.48 Å². The Labute approximate surface area is 158 Å². The summed E-state index contributed by atoms with van der Waals surface area (Å²) in [5.41, 5.74) is 7.49. The molecule has 0 aliphatic heterocycles. The Morgan fingerprint density at radius 2 is 2.00 bits per heavy atom. The van der Waals surface area contributed by atoms with Crippen LogP contribution in [0.4, 0.5) is 5.82 Å². The molecule has 1 saturated carbocycles. The fraction of sp³-hybridized carbons (Fsp3) is 0.400. The molecular weight excluding hydrogens is 340 g/mol. The number of carbonyl (C=O) groups excluding carboxylic acids is 1. The zero-order valence-corrected chi connectivity index (χ0v) is 15.4. The van der Waals surface area contributed by atoms with Crippen molar-refractivity contribution in [1.82, 2.24) is 19.7 Å². The summed E-state index contributed by atoms with van der Waals surface area (Å²) in [6, 6.07) is 9.28. The second-order valence-corrected chi connectivity index (χ2v) is 7.21. The molecule has 1 amide bonds. The number of amides is 1. The molecule has 1 aromatic carbocycles. The van der Waals surface area contributed by atoms with Crippen LogP contribution < -0.4 is 11.1 Å². The molecule has 2 aromatic heterocycles. The van der Waals surface area contributed by atoms with E-state index >= 15 is 0 Å². The minimum absolute atomic E-state index is 0.367. The Bertz CT molecular complexity index is 946. The molecule has 0 bridgehead atoms. The summed E-state index contributed by atoms with van der Waals surface area (Å²) in [6.07, 6.45) is 6.85. The monoisotopic (exact) mass is 364 g/mol. The number of fused-ring (bicyclic) bond motifs is 1. The van der Waals surface area contributed by atoms with E-state index in [0.29, 0.717) is 18.2 Å².